The summed E-state index contributed by atoms with van der Waals surface area (Å²) in [4.78, 5) is 14.0. The van der Waals surface area contributed by atoms with Crippen molar-refractivity contribution < 1.29 is 4.79 Å². The molecule has 0 spiro atoms. The molecule has 0 bridgehead atoms. The van der Waals surface area contributed by atoms with E-state index in [2.05, 4.69) is 10.9 Å². The fourth-order valence-electron chi connectivity index (χ4n) is 0.633. The van der Waals surface area contributed by atoms with Gasteiger partial charge in [0.05, 0.1) is 5.56 Å². The van der Waals surface area contributed by atoms with Crippen LogP contribution in [-0.4, -0.2) is 11.3 Å². The predicted molar refractivity (Wildman–Crippen MR) is 37.6 cm³/mol. The van der Waals surface area contributed by atoms with Crippen molar-refractivity contribution in [3.05, 3.63) is 29.6 Å². The molecule has 0 saturated carbocycles. The van der Waals surface area contributed by atoms with Gasteiger partial charge in [0.1, 0.15) is 5.69 Å². The lowest BCUT2D eigenvalue weighted by atomic mass is 10.2. The summed E-state index contributed by atoms with van der Waals surface area (Å²) in [5, 5.41) is 0. The normalized spacial score (nSPS) is 8.30. The number of aromatic nitrogens is 1. The van der Waals surface area contributed by atoms with Crippen LogP contribution in [0.5, 0.6) is 0 Å². The van der Waals surface area contributed by atoms with Crippen LogP contribution >= 0.6 is 0 Å². The van der Waals surface area contributed by atoms with Crippen LogP contribution in [0.15, 0.2) is 18.3 Å². The molecule has 48 valence electrons. The van der Waals surface area contributed by atoms with E-state index in [1.807, 2.05) is 0 Å². The van der Waals surface area contributed by atoms with E-state index < -0.39 is 0 Å². The summed E-state index contributed by atoms with van der Waals surface area (Å²) >= 11 is 0. The topological polar surface area (TPSA) is 30.0 Å². The van der Waals surface area contributed by atoms with Crippen LogP contribution in [0.1, 0.15) is 16.1 Å². The van der Waals surface area contributed by atoms with Crippen molar-refractivity contribution in [2.45, 2.75) is 0 Å². The van der Waals surface area contributed by atoms with Crippen LogP contribution in [0.2, 0.25) is 0 Å². The van der Waals surface area contributed by atoms with Gasteiger partial charge in [0.2, 0.25) is 0 Å². The highest BCUT2D eigenvalue weighted by molar-refractivity contribution is 5.76. The average Bonchev–Trinajstić information content (AvgIpc) is 2.04. The summed E-state index contributed by atoms with van der Waals surface area (Å²) in [5.74, 6) is 2.35. The number of carbonyl (C=O) groups is 1. The molecular formula is C8H5NO. The summed E-state index contributed by atoms with van der Waals surface area (Å²) in [6.07, 6.45) is 7.26. The molecule has 0 unspecified atom stereocenters. The quantitative estimate of drug-likeness (QED) is 0.418. The number of nitrogens with zero attached hydrogens (tertiary/aromatic N) is 1. The monoisotopic (exact) mass is 131 g/mol. The zero-order chi connectivity index (χ0) is 7.40. The molecule has 1 rings (SSSR count). The van der Waals surface area contributed by atoms with Gasteiger partial charge in [-0.3, -0.25) is 9.78 Å². The van der Waals surface area contributed by atoms with E-state index in [1.54, 1.807) is 12.1 Å². The first-order valence-electron chi connectivity index (χ1n) is 2.75. The Bertz CT molecular complexity index is 286. The van der Waals surface area contributed by atoms with Gasteiger partial charge in [0, 0.05) is 6.20 Å². The lowest BCUT2D eigenvalue weighted by Gasteiger charge is -1.90. The van der Waals surface area contributed by atoms with Crippen molar-refractivity contribution in [3.63, 3.8) is 0 Å². The maximum absolute atomic E-state index is 10.2. The smallest absolute Gasteiger partial charge is 0.169 e. The zero-order valence-electron chi connectivity index (χ0n) is 5.24. The summed E-state index contributed by atoms with van der Waals surface area (Å²) in [6, 6.07) is 3.37. The Balaban J connectivity index is 3.24. The van der Waals surface area contributed by atoms with Crippen LogP contribution in [0.4, 0.5) is 0 Å². The van der Waals surface area contributed by atoms with E-state index in [4.69, 9.17) is 6.42 Å². The molecule has 0 amide bonds. The van der Waals surface area contributed by atoms with Crippen LogP contribution in [0.25, 0.3) is 0 Å². The van der Waals surface area contributed by atoms with Gasteiger partial charge < -0.3 is 0 Å². The molecule has 1 aromatic rings. The minimum atomic E-state index is 0.324. The maximum Gasteiger partial charge on any atom is 0.169 e. The molecule has 2 heteroatoms. The Morgan fingerprint density at radius 1 is 1.70 bits per heavy atom. The third kappa shape index (κ3) is 1.03. The van der Waals surface area contributed by atoms with E-state index in [1.165, 1.54) is 6.20 Å². The fourth-order valence-corrected chi connectivity index (χ4v) is 0.633. The molecule has 0 atom stereocenters. The number of hydrogen-bond acceptors (Lipinski definition) is 2. The van der Waals surface area contributed by atoms with Crippen molar-refractivity contribution in [1.82, 2.24) is 4.98 Å². The molecule has 2 nitrogen and oxygen atoms in total. The Morgan fingerprint density at radius 2 is 2.50 bits per heavy atom. The van der Waals surface area contributed by atoms with Crippen LogP contribution in [0.3, 0.4) is 0 Å². The number of carbonyl (C=O) groups excluding carboxylic acids is 1. The Kier molecular flexibility index (Phi) is 1.81. The van der Waals surface area contributed by atoms with E-state index in [0.717, 1.165) is 0 Å². The van der Waals surface area contributed by atoms with E-state index in [-0.39, 0.29) is 0 Å². The predicted octanol–water partition coefficient (Wildman–Crippen LogP) is 0.875. The molecular weight excluding hydrogens is 126 g/mol. The molecule has 0 radical (unpaired) electrons. The van der Waals surface area contributed by atoms with Crippen LogP contribution in [0, 0.1) is 12.3 Å². The van der Waals surface area contributed by atoms with Gasteiger partial charge in [-0.2, -0.15) is 0 Å². The van der Waals surface area contributed by atoms with Gasteiger partial charge in [-0.15, -0.1) is 6.42 Å². The molecule has 0 saturated heterocycles. The zero-order valence-corrected chi connectivity index (χ0v) is 5.24. The SMILES string of the molecule is C#Cc1cccnc1C=O. The molecule has 1 heterocycles. The Labute approximate surface area is 58.9 Å². The summed E-state index contributed by atoms with van der Waals surface area (Å²) in [7, 11) is 0. The first-order valence-corrected chi connectivity index (χ1v) is 2.75. The largest absolute Gasteiger partial charge is 0.296 e. The Hall–Kier alpha value is -1.62. The van der Waals surface area contributed by atoms with Gasteiger partial charge >= 0.3 is 0 Å². The molecule has 0 aromatic carbocycles. The van der Waals surface area contributed by atoms with Gasteiger partial charge in [-0.05, 0) is 12.1 Å². The third-order valence-electron chi connectivity index (χ3n) is 1.11. The lowest BCUT2D eigenvalue weighted by Crippen LogP contribution is -1.89. The van der Waals surface area contributed by atoms with Crippen molar-refractivity contribution >= 4 is 6.29 Å². The van der Waals surface area contributed by atoms with Gasteiger partial charge in [0.25, 0.3) is 0 Å². The van der Waals surface area contributed by atoms with E-state index >= 15 is 0 Å². The fraction of sp³-hybridized carbons (Fsp3) is 0. The lowest BCUT2D eigenvalue weighted by molar-refractivity contribution is 0.111. The van der Waals surface area contributed by atoms with E-state index in [9.17, 15) is 4.79 Å². The average molecular weight is 131 g/mol. The Morgan fingerprint density at radius 3 is 3.00 bits per heavy atom. The van der Waals surface area contributed by atoms with Gasteiger partial charge in [-0.25, -0.2) is 0 Å². The summed E-state index contributed by atoms with van der Waals surface area (Å²) in [6.45, 7) is 0. The van der Waals surface area contributed by atoms with E-state index in [0.29, 0.717) is 17.5 Å². The van der Waals surface area contributed by atoms with Crippen molar-refractivity contribution in [2.24, 2.45) is 0 Å². The maximum atomic E-state index is 10.2. The summed E-state index contributed by atoms with van der Waals surface area (Å²) in [5.41, 5.74) is 0.863. The van der Waals surface area contributed by atoms with Crippen molar-refractivity contribution in [1.29, 1.82) is 0 Å². The minimum Gasteiger partial charge on any atom is -0.296 e. The standard InChI is InChI=1S/C8H5NO/c1-2-7-4-3-5-9-8(7)6-10/h1,3-6H. The molecule has 0 N–H and O–H groups in total. The first-order chi connectivity index (χ1) is 4.88. The first kappa shape index (κ1) is 6.50. The van der Waals surface area contributed by atoms with Crippen molar-refractivity contribution in [2.75, 3.05) is 0 Å². The number of hydrogen-bond donors (Lipinski definition) is 0. The van der Waals surface area contributed by atoms with Crippen molar-refractivity contribution in [3.8, 4) is 12.3 Å². The number of terminal acetylenes is 1. The van der Waals surface area contributed by atoms with Crippen LogP contribution in [-0.2, 0) is 0 Å². The second-order valence-electron chi connectivity index (χ2n) is 1.70. The van der Waals surface area contributed by atoms with Gasteiger partial charge in [0.15, 0.2) is 6.29 Å². The molecule has 1 aromatic heterocycles. The van der Waals surface area contributed by atoms with Crippen LogP contribution < -0.4 is 0 Å². The highest BCUT2D eigenvalue weighted by atomic mass is 16.1. The number of aldehydes is 1. The molecule has 10 heavy (non-hydrogen) atoms. The number of rotatable bonds is 1. The third-order valence-corrected chi connectivity index (χ3v) is 1.11. The minimum absolute atomic E-state index is 0.324. The summed E-state index contributed by atoms with van der Waals surface area (Å²) < 4.78 is 0. The highest BCUT2D eigenvalue weighted by Gasteiger charge is 1.95. The highest BCUT2D eigenvalue weighted by Crippen LogP contribution is 1.98. The van der Waals surface area contributed by atoms with Gasteiger partial charge in [-0.1, -0.05) is 5.92 Å². The number of pyridine rings is 1. The molecule has 0 fully saturated rings. The second kappa shape index (κ2) is 2.79. The molecule has 0 aliphatic heterocycles. The molecule has 0 aliphatic rings. The second-order valence-corrected chi connectivity index (χ2v) is 1.70. The molecule has 0 aliphatic carbocycles.